The van der Waals surface area contributed by atoms with Gasteiger partial charge in [0.25, 0.3) is 0 Å². The molecule has 0 nitrogen and oxygen atoms in total. The fourth-order valence-corrected chi connectivity index (χ4v) is 18.4. The topological polar surface area (TPSA) is 0 Å². The molecule has 0 unspecified atom stereocenters. The number of hydrogen-bond acceptors (Lipinski definition) is 0. The van der Waals surface area contributed by atoms with E-state index in [0.717, 1.165) is 0 Å². The normalized spacial score (nSPS) is 10.4. The third-order valence-corrected chi connectivity index (χ3v) is 21.8. The van der Waals surface area contributed by atoms with Gasteiger partial charge in [-0.15, -0.1) is 15.9 Å². The van der Waals surface area contributed by atoms with Crippen LogP contribution in [0.25, 0.3) is 0 Å². The second-order valence-corrected chi connectivity index (χ2v) is 25.4. The second kappa shape index (κ2) is 30.3. The summed E-state index contributed by atoms with van der Waals surface area (Å²) in [6.45, 7) is 0. The summed E-state index contributed by atoms with van der Waals surface area (Å²) in [4.78, 5) is 0. The molecule has 12 aromatic rings. The van der Waals surface area contributed by atoms with E-state index in [1.807, 2.05) is 30.3 Å². The van der Waals surface area contributed by atoms with Gasteiger partial charge in [0.05, 0.1) is 0 Å². The molecular weight excluding hydrogens is 1050 g/mol. The Hall–Kier alpha value is -6.08. The Morgan fingerprint density at radius 3 is 0.892 bits per heavy atom. The largest absolute Gasteiger partial charge is 0.748 e. The van der Waals surface area contributed by atoms with E-state index < -0.39 is 31.7 Å². The number of rotatable bonds is 12. The standard InChI is InChI=1S/C29H23P2.2C17H14P.C5H5.2Fe/c1-5-14-24(15-6-1)30(25-16-7-2-8-17-25)28-22-13-23-29(28)31(26-18-9-3-10-19-26)27-20-11-4-12-21-27;2*1-3-9-15(10-4-1)18(17-13-7-8-14-17)16-11-5-2-6-12-16;1-2-4-5-3-1;;/h1-23H;2*1-14H;1-5H;;/q3*-1;-5;;. The van der Waals surface area contributed by atoms with Gasteiger partial charge in [-0.3, -0.25) is 0 Å². The van der Waals surface area contributed by atoms with Crippen molar-refractivity contribution in [3.63, 3.8) is 0 Å². The summed E-state index contributed by atoms with van der Waals surface area (Å²) in [5.41, 5.74) is 0. The van der Waals surface area contributed by atoms with Crippen molar-refractivity contribution in [3.8, 4) is 0 Å². The van der Waals surface area contributed by atoms with Gasteiger partial charge < -0.3 is 30.3 Å². The van der Waals surface area contributed by atoms with E-state index in [9.17, 15) is 0 Å². The third-order valence-electron chi connectivity index (χ3n) is 11.7. The molecule has 74 heavy (non-hydrogen) atoms. The molecule has 0 spiro atoms. The fourth-order valence-electron chi connectivity index (χ4n) is 8.49. The van der Waals surface area contributed by atoms with Crippen molar-refractivity contribution < 1.29 is 34.1 Å². The smallest absolute Gasteiger partial charge is 0 e. The molecular formula is C68H56Fe2P4-8. The maximum atomic E-state index is 2.35. The van der Waals surface area contributed by atoms with Gasteiger partial charge in [0.15, 0.2) is 0 Å². The van der Waals surface area contributed by atoms with Crippen LogP contribution in [0.1, 0.15) is 0 Å². The van der Waals surface area contributed by atoms with Gasteiger partial charge >= 0.3 is 0 Å². The number of benzene rings is 8. The van der Waals surface area contributed by atoms with Crippen LogP contribution < -0.4 is 63.7 Å². The second-order valence-electron chi connectivity index (χ2n) is 16.6. The van der Waals surface area contributed by atoms with Crippen LogP contribution in [0.15, 0.2) is 340 Å². The SMILES string of the molecule is [Fe].[Fe].[cH-]1[cH-][cH-][cH-][cH-]1.c1ccc(P(c2ccccc2)[c-]2cccc2)cc1.c1ccc(P(c2ccccc2)c2cc[cH-]c2)cc1.c1ccc(P(c2ccccc2)c2ccc[c-]2P(c2ccccc2)c2ccccc2)cc1. The molecule has 0 fully saturated rings. The van der Waals surface area contributed by atoms with Crippen molar-refractivity contribution in [2.24, 2.45) is 0 Å². The van der Waals surface area contributed by atoms with Gasteiger partial charge in [-0.25, -0.2) is 30.3 Å². The van der Waals surface area contributed by atoms with Crippen LogP contribution in [0.3, 0.4) is 0 Å². The van der Waals surface area contributed by atoms with Crippen LogP contribution in [0, 0.1) is 0 Å². The Labute approximate surface area is 465 Å². The molecule has 0 amide bonds. The number of hydrogen-bond donors (Lipinski definition) is 0. The van der Waals surface area contributed by atoms with E-state index in [2.05, 4.69) is 309 Å². The van der Waals surface area contributed by atoms with E-state index in [1.54, 1.807) is 0 Å². The first-order valence-corrected chi connectivity index (χ1v) is 29.7. The van der Waals surface area contributed by atoms with Gasteiger partial charge in [-0.1, -0.05) is 266 Å². The molecule has 12 aromatic carbocycles. The van der Waals surface area contributed by atoms with Crippen LogP contribution in [0.2, 0.25) is 0 Å². The fraction of sp³-hybridized carbons (Fsp3) is 0. The Balaban J connectivity index is 0.000000160. The van der Waals surface area contributed by atoms with Crippen LogP contribution >= 0.6 is 31.7 Å². The molecule has 0 N–H and O–H groups in total. The van der Waals surface area contributed by atoms with Crippen molar-refractivity contribution in [1.82, 2.24) is 0 Å². The minimum absolute atomic E-state index is 0. The third kappa shape index (κ3) is 15.3. The predicted octanol–water partition coefficient (Wildman–Crippen LogP) is 12.6. The summed E-state index contributed by atoms with van der Waals surface area (Å²) >= 11 is 0. The van der Waals surface area contributed by atoms with Gasteiger partial charge in [0.1, 0.15) is 0 Å². The van der Waals surface area contributed by atoms with Gasteiger partial charge in [0.2, 0.25) is 0 Å². The van der Waals surface area contributed by atoms with Gasteiger partial charge in [-0.05, 0) is 50.4 Å². The van der Waals surface area contributed by atoms with E-state index in [4.69, 9.17) is 0 Å². The molecule has 0 atom stereocenters. The molecule has 0 saturated heterocycles. The average Bonchev–Trinajstić information content (AvgIpc) is 4.35. The summed E-state index contributed by atoms with van der Waals surface area (Å²) < 4.78 is 0. The molecule has 0 aliphatic carbocycles. The van der Waals surface area contributed by atoms with Crippen molar-refractivity contribution in [2.75, 3.05) is 0 Å². The molecule has 0 bridgehead atoms. The zero-order valence-electron chi connectivity index (χ0n) is 40.8. The Morgan fingerprint density at radius 2 is 0.568 bits per heavy atom. The van der Waals surface area contributed by atoms with E-state index in [1.165, 1.54) is 63.7 Å². The molecule has 0 aliphatic heterocycles. The van der Waals surface area contributed by atoms with Crippen molar-refractivity contribution in [2.45, 2.75) is 0 Å². The summed E-state index contributed by atoms with van der Waals surface area (Å²) in [6.07, 6.45) is 0. The average molecular weight is 1110 g/mol. The van der Waals surface area contributed by atoms with Crippen molar-refractivity contribution in [3.05, 3.63) is 340 Å². The van der Waals surface area contributed by atoms with Crippen LogP contribution in [0.5, 0.6) is 0 Å². The first-order chi connectivity index (χ1) is 35.8. The Kier molecular flexibility index (Phi) is 22.8. The summed E-state index contributed by atoms with van der Waals surface area (Å²) in [7, 11) is -2.07. The van der Waals surface area contributed by atoms with Gasteiger partial charge in [-0.2, -0.15) is 41.7 Å². The van der Waals surface area contributed by atoms with E-state index in [-0.39, 0.29) is 34.1 Å². The monoisotopic (exact) mass is 1110 g/mol. The Morgan fingerprint density at radius 1 is 0.257 bits per heavy atom. The summed E-state index contributed by atoms with van der Waals surface area (Å²) in [5.74, 6) is 0. The zero-order chi connectivity index (χ0) is 48.8. The zero-order valence-corrected chi connectivity index (χ0v) is 46.6. The van der Waals surface area contributed by atoms with E-state index in [0.29, 0.717) is 0 Å². The quantitative estimate of drug-likeness (QED) is 0.0650. The predicted molar refractivity (Wildman–Crippen MR) is 323 cm³/mol. The summed E-state index contributed by atoms with van der Waals surface area (Å²) in [6, 6.07) is 121. The molecule has 0 aliphatic rings. The van der Waals surface area contributed by atoms with Crippen LogP contribution in [-0.2, 0) is 34.1 Å². The minimum Gasteiger partial charge on any atom is -0.748 e. The maximum absolute atomic E-state index is 2.35. The maximum Gasteiger partial charge on any atom is 0 e. The first kappa shape index (κ1) is 55.7. The Bertz CT molecular complexity index is 2880. The molecule has 0 radical (unpaired) electrons. The summed E-state index contributed by atoms with van der Waals surface area (Å²) in [5, 5.41) is 17.0. The molecule has 12 rings (SSSR count). The molecule has 6 heteroatoms. The molecule has 0 heterocycles. The van der Waals surface area contributed by atoms with Crippen molar-refractivity contribution >= 4 is 95.3 Å². The minimum atomic E-state index is -0.627. The molecule has 372 valence electrons. The van der Waals surface area contributed by atoms with Crippen molar-refractivity contribution in [1.29, 1.82) is 0 Å². The molecule has 0 aromatic heterocycles. The van der Waals surface area contributed by atoms with Crippen LogP contribution in [0.4, 0.5) is 0 Å². The first-order valence-electron chi connectivity index (χ1n) is 24.3. The van der Waals surface area contributed by atoms with Gasteiger partial charge in [0, 0.05) is 34.1 Å². The molecule has 0 saturated carbocycles. The van der Waals surface area contributed by atoms with Crippen LogP contribution in [-0.4, -0.2) is 0 Å². The van der Waals surface area contributed by atoms with E-state index >= 15 is 0 Å².